The molecule has 0 spiro atoms. The van der Waals surface area contributed by atoms with E-state index in [0.717, 1.165) is 10.9 Å². The number of aromatic nitrogens is 2. The molecule has 6 heteroatoms. The van der Waals surface area contributed by atoms with E-state index in [9.17, 15) is 4.79 Å². The van der Waals surface area contributed by atoms with Crippen LogP contribution in [-0.2, 0) is 9.53 Å². The molecule has 6 nitrogen and oxygen atoms in total. The number of ether oxygens (including phenoxy) is 1. The van der Waals surface area contributed by atoms with Gasteiger partial charge in [0, 0.05) is 19.1 Å². The second-order valence-corrected chi connectivity index (χ2v) is 4.01. The maximum absolute atomic E-state index is 11.9. The third-order valence-corrected chi connectivity index (χ3v) is 2.71. The van der Waals surface area contributed by atoms with Crippen molar-refractivity contribution in [3.63, 3.8) is 0 Å². The fraction of sp³-hybridized carbons (Fsp3) is 0.333. The number of carbonyl (C=O) groups is 1. The van der Waals surface area contributed by atoms with Crippen molar-refractivity contribution in [3.8, 4) is 0 Å². The third kappa shape index (κ3) is 2.66. The zero-order chi connectivity index (χ0) is 13.0. The van der Waals surface area contributed by atoms with E-state index in [1.807, 2.05) is 18.2 Å². The first kappa shape index (κ1) is 12.5. The van der Waals surface area contributed by atoms with Gasteiger partial charge in [-0.2, -0.15) is 5.10 Å². The monoisotopic (exact) mass is 248 g/mol. The zero-order valence-corrected chi connectivity index (χ0v) is 10.1. The Kier molecular flexibility index (Phi) is 3.91. The zero-order valence-electron chi connectivity index (χ0n) is 10.1. The van der Waals surface area contributed by atoms with Crippen LogP contribution in [0.2, 0.25) is 0 Å². The summed E-state index contributed by atoms with van der Waals surface area (Å²) in [5, 5.41) is 10.4. The van der Waals surface area contributed by atoms with Crippen LogP contribution in [0.1, 0.15) is 6.42 Å². The Morgan fingerprint density at radius 3 is 3.22 bits per heavy atom. The Hall–Kier alpha value is -1.92. The molecule has 0 radical (unpaired) electrons. The summed E-state index contributed by atoms with van der Waals surface area (Å²) >= 11 is 0. The van der Waals surface area contributed by atoms with Gasteiger partial charge < -0.3 is 15.8 Å². The predicted molar refractivity (Wildman–Crippen MR) is 69.2 cm³/mol. The SMILES string of the molecule is COCCC(N)C(=O)Nc1cccc2[nH]ncc12. The van der Waals surface area contributed by atoms with Crippen LogP contribution in [0.25, 0.3) is 10.9 Å². The summed E-state index contributed by atoms with van der Waals surface area (Å²) in [6.07, 6.45) is 2.16. The molecule has 0 saturated heterocycles. The van der Waals surface area contributed by atoms with E-state index in [4.69, 9.17) is 10.5 Å². The van der Waals surface area contributed by atoms with Crippen LogP contribution in [0.3, 0.4) is 0 Å². The topological polar surface area (TPSA) is 93.0 Å². The number of nitrogens with one attached hydrogen (secondary N) is 2. The number of fused-ring (bicyclic) bond motifs is 1. The van der Waals surface area contributed by atoms with E-state index in [1.54, 1.807) is 13.3 Å². The van der Waals surface area contributed by atoms with Crippen molar-refractivity contribution in [2.24, 2.45) is 5.73 Å². The number of methoxy groups -OCH3 is 1. The number of amides is 1. The van der Waals surface area contributed by atoms with E-state index in [0.29, 0.717) is 18.7 Å². The molecule has 0 aliphatic heterocycles. The normalized spacial score (nSPS) is 12.6. The highest BCUT2D eigenvalue weighted by molar-refractivity contribution is 6.02. The van der Waals surface area contributed by atoms with Gasteiger partial charge in [0.25, 0.3) is 0 Å². The maximum Gasteiger partial charge on any atom is 0.241 e. The van der Waals surface area contributed by atoms with E-state index in [2.05, 4.69) is 15.5 Å². The van der Waals surface area contributed by atoms with Crippen LogP contribution in [0.15, 0.2) is 24.4 Å². The standard InChI is InChI=1S/C12H16N4O2/c1-18-6-5-9(13)12(17)15-10-3-2-4-11-8(10)7-14-16-11/h2-4,7,9H,5-6,13H2,1H3,(H,14,16)(H,15,17). The quantitative estimate of drug-likeness (QED) is 0.731. The highest BCUT2D eigenvalue weighted by Gasteiger charge is 2.14. The highest BCUT2D eigenvalue weighted by atomic mass is 16.5. The van der Waals surface area contributed by atoms with Gasteiger partial charge in [0.2, 0.25) is 5.91 Å². The molecule has 1 atom stereocenters. The lowest BCUT2D eigenvalue weighted by atomic mass is 10.2. The Bertz CT molecular complexity index is 538. The van der Waals surface area contributed by atoms with Gasteiger partial charge in [0.05, 0.1) is 23.4 Å². The largest absolute Gasteiger partial charge is 0.385 e. The van der Waals surface area contributed by atoms with Crippen molar-refractivity contribution in [1.82, 2.24) is 10.2 Å². The molecule has 2 aromatic rings. The van der Waals surface area contributed by atoms with Gasteiger partial charge in [-0.25, -0.2) is 0 Å². The predicted octanol–water partition coefficient (Wildman–Crippen LogP) is 0.865. The Labute approximate surface area is 104 Å². The average molecular weight is 248 g/mol. The van der Waals surface area contributed by atoms with E-state index >= 15 is 0 Å². The number of aromatic amines is 1. The third-order valence-electron chi connectivity index (χ3n) is 2.71. The number of hydrogen-bond donors (Lipinski definition) is 3. The molecule has 1 amide bonds. The van der Waals surface area contributed by atoms with Gasteiger partial charge in [-0.15, -0.1) is 0 Å². The van der Waals surface area contributed by atoms with Gasteiger partial charge in [-0.1, -0.05) is 6.07 Å². The molecule has 0 fully saturated rings. The van der Waals surface area contributed by atoms with Crippen LogP contribution < -0.4 is 11.1 Å². The summed E-state index contributed by atoms with van der Waals surface area (Å²) in [5.74, 6) is -0.222. The molecule has 1 aromatic carbocycles. The summed E-state index contributed by atoms with van der Waals surface area (Å²) in [5.41, 5.74) is 7.34. The van der Waals surface area contributed by atoms with Gasteiger partial charge >= 0.3 is 0 Å². The summed E-state index contributed by atoms with van der Waals surface area (Å²) in [7, 11) is 1.58. The minimum atomic E-state index is -0.577. The van der Waals surface area contributed by atoms with Crippen molar-refractivity contribution in [2.45, 2.75) is 12.5 Å². The molecule has 96 valence electrons. The fourth-order valence-electron chi connectivity index (χ4n) is 1.68. The number of nitrogens with zero attached hydrogens (tertiary/aromatic N) is 1. The number of H-pyrrole nitrogens is 1. The Balaban J connectivity index is 2.09. The molecule has 4 N–H and O–H groups in total. The van der Waals surface area contributed by atoms with Gasteiger partial charge in [-0.05, 0) is 18.6 Å². The number of rotatable bonds is 5. The van der Waals surface area contributed by atoms with Crippen LogP contribution in [-0.4, -0.2) is 35.9 Å². The molecule has 0 bridgehead atoms. The molecule has 0 saturated carbocycles. The molecular weight excluding hydrogens is 232 g/mol. The molecule has 1 unspecified atom stereocenters. The number of hydrogen-bond acceptors (Lipinski definition) is 4. The van der Waals surface area contributed by atoms with Gasteiger partial charge in [0.15, 0.2) is 0 Å². The highest BCUT2D eigenvalue weighted by Crippen LogP contribution is 2.21. The second kappa shape index (κ2) is 5.61. The van der Waals surface area contributed by atoms with Crippen molar-refractivity contribution in [3.05, 3.63) is 24.4 Å². The van der Waals surface area contributed by atoms with Gasteiger partial charge in [-0.3, -0.25) is 9.89 Å². The van der Waals surface area contributed by atoms with Crippen molar-refractivity contribution < 1.29 is 9.53 Å². The fourth-order valence-corrected chi connectivity index (χ4v) is 1.68. The first-order chi connectivity index (χ1) is 8.72. The van der Waals surface area contributed by atoms with Crippen LogP contribution in [0.5, 0.6) is 0 Å². The minimum Gasteiger partial charge on any atom is -0.385 e. The first-order valence-corrected chi connectivity index (χ1v) is 5.70. The summed E-state index contributed by atoms with van der Waals surface area (Å²) in [6.45, 7) is 0.463. The van der Waals surface area contributed by atoms with Crippen LogP contribution in [0, 0.1) is 0 Å². The van der Waals surface area contributed by atoms with Crippen LogP contribution >= 0.6 is 0 Å². The number of benzene rings is 1. The van der Waals surface area contributed by atoms with E-state index < -0.39 is 6.04 Å². The number of anilines is 1. The second-order valence-electron chi connectivity index (χ2n) is 4.01. The molecule has 1 aromatic heterocycles. The first-order valence-electron chi connectivity index (χ1n) is 5.70. The van der Waals surface area contributed by atoms with Crippen molar-refractivity contribution in [2.75, 3.05) is 19.0 Å². The Morgan fingerprint density at radius 1 is 1.61 bits per heavy atom. The molecule has 0 aliphatic rings. The molecular formula is C12H16N4O2. The van der Waals surface area contributed by atoms with E-state index in [-0.39, 0.29) is 5.91 Å². The smallest absolute Gasteiger partial charge is 0.241 e. The van der Waals surface area contributed by atoms with Crippen molar-refractivity contribution >= 4 is 22.5 Å². The molecule has 18 heavy (non-hydrogen) atoms. The Morgan fingerprint density at radius 2 is 2.44 bits per heavy atom. The molecule has 2 rings (SSSR count). The van der Waals surface area contributed by atoms with Gasteiger partial charge in [0.1, 0.15) is 0 Å². The minimum absolute atomic E-state index is 0.222. The summed E-state index contributed by atoms with van der Waals surface area (Å²) < 4.78 is 4.90. The van der Waals surface area contributed by atoms with Crippen LogP contribution in [0.4, 0.5) is 5.69 Å². The molecule has 0 aliphatic carbocycles. The van der Waals surface area contributed by atoms with E-state index in [1.165, 1.54) is 0 Å². The lowest BCUT2D eigenvalue weighted by molar-refractivity contribution is -0.117. The number of carbonyl (C=O) groups excluding carboxylic acids is 1. The maximum atomic E-state index is 11.9. The average Bonchev–Trinajstić information content (AvgIpc) is 2.85. The molecule has 1 heterocycles. The lowest BCUT2D eigenvalue weighted by Gasteiger charge is -2.12. The summed E-state index contributed by atoms with van der Waals surface area (Å²) in [4.78, 5) is 11.9. The van der Waals surface area contributed by atoms with Crippen molar-refractivity contribution in [1.29, 1.82) is 0 Å². The lowest BCUT2D eigenvalue weighted by Crippen LogP contribution is -2.36. The summed E-state index contributed by atoms with van der Waals surface area (Å²) in [6, 6.07) is 4.98. The number of nitrogens with two attached hydrogens (primary N) is 1.